The predicted octanol–water partition coefficient (Wildman–Crippen LogP) is -1.70. The van der Waals surface area contributed by atoms with Crippen LogP contribution in [0.15, 0.2) is 0 Å². The summed E-state index contributed by atoms with van der Waals surface area (Å²) in [5.74, 6) is 0. The molecule has 13 heavy (non-hydrogen) atoms. The summed E-state index contributed by atoms with van der Waals surface area (Å²) in [5.41, 5.74) is 0. The van der Waals surface area contributed by atoms with Crippen LogP contribution in [0.25, 0.3) is 0 Å². The van der Waals surface area contributed by atoms with E-state index in [-0.39, 0.29) is 38.6 Å². The van der Waals surface area contributed by atoms with Crippen molar-refractivity contribution in [1.82, 2.24) is 0 Å². The van der Waals surface area contributed by atoms with Gasteiger partial charge in [0.25, 0.3) is 0 Å². The van der Waals surface area contributed by atoms with E-state index in [2.05, 4.69) is 0 Å². The third kappa shape index (κ3) is 2030. The normalized spacial score (nSPS) is 5.77. The molecule has 0 aromatic rings. The number of rotatable bonds is 0. The van der Waals surface area contributed by atoms with E-state index >= 15 is 0 Å². The van der Waals surface area contributed by atoms with Crippen molar-refractivity contribution in [3.05, 3.63) is 0 Å². The van der Waals surface area contributed by atoms with Gasteiger partial charge in [0.05, 0.1) is 0 Å². The maximum absolute atomic E-state index is 8.48. The molecule has 0 unspecified atom stereocenters. The van der Waals surface area contributed by atoms with Crippen molar-refractivity contribution in [3.8, 4) is 0 Å². The quantitative estimate of drug-likeness (QED) is 0.433. The Hall–Kier alpha value is 0.866. The summed E-state index contributed by atoms with van der Waals surface area (Å²) in [7, 11) is -10.1. The maximum atomic E-state index is 8.48. The molecule has 0 amide bonds. The van der Waals surface area contributed by atoms with Gasteiger partial charge < -0.3 is 14.7 Å². The van der Waals surface area contributed by atoms with Crippen LogP contribution in [-0.2, 0) is 27.4 Å². The van der Waals surface area contributed by atoms with Crippen LogP contribution in [0.4, 0.5) is 0 Å². The first-order valence-corrected chi connectivity index (χ1v) is 4.93. The summed E-state index contributed by atoms with van der Waals surface area (Å²) in [6.07, 6.45) is 0. The van der Waals surface area contributed by atoms with E-state index in [4.69, 9.17) is 42.1 Å². The Labute approximate surface area is 104 Å². The van der Waals surface area contributed by atoms with Crippen molar-refractivity contribution in [2.75, 3.05) is 0 Å². The summed E-state index contributed by atoms with van der Waals surface area (Å²) < 4.78 is 50.9. The Morgan fingerprint density at radius 1 is 0.538 bits per heavy atom. The molecule has 0 aliphatic heterocycles. The Morgan fingerprint density at radius 2 is 0.538 bits per heavy atom. The summed E-state index contributed by atoms with van der Waals surface area (Å²) in [6.45, 7) is 0. The molecule has 9 nitrogen and oxygen atoms in total. The molecule has 0 saturated carbocycles. The van der Waals surface area contributed by atoms with E-state index in [0.717, 1.165) is 0 Å². The van der Waals surface area contributed by atoms with Crippen LogP contribution in [0.5, 0.6) is 0 Å². The van der Waals surface area contributed by atoms with Crippen molar-refractivity contribution in [2.45, 2.75) is 0 Å². The van der Waals surface area contributed by atoms with Crippen LogP contribution in [0.2, 0.25) is 0 Å². The van der Waals surface area contributed by atoms with Crippen LogP contribution in [0.1, 0.15) is 0 Å². The van der Waals surface area contributed by atoms with Gasteiger partial charge >= 0.3 is 38.6 Å². The van der Waals surface area contributed by atoms with Gasteiger partial charge in [0, 0.05) is 0 Å². The standard InChI is InChI=1S/3HO3P.Tb/c3*1-4(2)3;/h3*(H,1,2,3);/q;;;+3/p-3. The van der Waals surface area contributed by atoms with Crippen molar-refractivity contribution in [2.24, 2.45) is 0 Å². The van der Waals surface area contributed by atoms with Gasteiger partial charge in [-0.05, 0) is 0 Å². The van der Waals surface area contributed by atoms with Crippen LogP contribution in [-0.4, -0.2) is 0 Å². The van der Waals surface area contributed by atoms with Crippen molar-refractivity contribution < 1.29 is 80.7 Å². The first kappa shape index (κ1) is 23.6. The van der Waals surface area contributed by atoms with Gasteiger partial charge in [-0.3, -0.25) is 27.4 Å². The zero-order valence-corrected chi connectivity index (χ0v) is 10.2. The Balaban J connectivity index is -0.0000000450. The van der Waals surface area contributed by atoms with E-state index in [1.807, 2.05) is 0 Å². The summed E-state index contributed by atoms with van der Waals surface area (Å²) in [5, 5.41) is 0. The fraction of sp³-hybridized carbons (Fsp3) is 0. The molecule has 0 atom stereocenters. The molecule has 0 rings (SSSR count). The molecule has 0 fully saturated rings. The van der Waals surface area contributed by atoms with Crippen molar-refractivity contribution in [1.29, 1.82) is 0 Å². The SMILES string of the molecule is O=P(=O)[O-].O=P(=O)[O-].O=P(=O)[O-].[Tb+3]. The molecule has 0 radical (unpaired) electrons. The molecule has 0 heterocycles. The largest absolute Gasteiger partial charge is 3.00 e. The van der Waals surface area contributed by atoms with E-state index in [1.165, 1.54) is 0 Å². The molecular formula is O9P3Tb. The predicted molar refractivity (Wildman–Crippen MR) is 24.9 cm³/mol. The van der Waals surface area contributed by atoms with Gasteiger partial charge in [-0.25, -0.2) is 0 Å². The third-order valence-electron chi connectivity index (χ3n) is 0. The van der Waals surface area contributed by atoms with E-state index in [9.17, 15) is 0 Å². The number of hydrogen-bond acceptors (Lipinski definition) is 9. The molecule has 0 spiro atoms. The smallest absolute Gasteiger partial charge is 0.744 e. The second kappa shape index (κ2) is 18.6. The zero-order chi connectivity index (χ0) is 10.7. The maximum Gasteiger partial charge on any atom is 3.00 e. The molecule has 0 aromatic carbocycles. The van der Waals surface area contributed by atoms with E-state index in [0.29, 0.717) is 0 Å². The van der Waals surface area contributed by atoms with Crippen LogP contribution in [0, 0.1) is 38.6 Å². The molecule has 0 aliphatic carbocycles. The minimum Gasteiger partial charge on any atom is -0.744 e. The molecule has 0 aromatic heterocycles. The third-order valence-corrected chi connectivity index (χ3v) is 0. The minimum absolute atomic E-state index is 0. The molecule has 0 bridgehead atoms. The van der Waals surface area contributed by atoms with Gasteiger partial charge in [-0.15, -0.1) is 0 Å². The zero-order valence-electron chi connectivity index (χ0n) is 5.35. The Bertz CT molecular complexity index is 208. The van der Waals surface area contributed by atoms with Crippen molar-refractivity contribution in [3.63, 3.8) is 0 Å². The topological polar surface area (TPSA) is 172 Å². The Morgan fingerprint density at radius 3 is 0.538 bits per heavy atom. The summed E-state index contributed by atoms with van der Waals surface area (Å²) in [6, 6.07) is 0. The summed E-state index contributed by atoms with van der Waals surface area (Å²) in [4.78, 5) is 25.4. The molecule has 13 heteroatoms. The van der Waals surface area contributed by atoms with E-state index in [1.54, 1.807) is 0 Å². The van der Waals surface area contributed by atoms with Crippen LogP contribution >= 0.6 is 23.7 Å². The van der Waals surface area contributed by atoms with Gasteiger partial charge in [-0.2, -0.15) is 0 Å². The fourth-order valence-electron chi connectivity index (χ4n) is 0. The van der Waals surface area contributed by atoms with Gasteiger partial charge in [-0.1, -0.05) is 0 Å². The summed E-state index contributed by atoms with van der Waals surface area (Å²) >= 11 is 0. The van der Waals surface area contributed by atoms with E-state index < -0.39 is 23.7 Å². The Kier molecular flexibility index (Phi) is 33.8. The van der Waals surface area contributed by atoms with Gasteiger partial charge in [0.2, 0.25) is 23.7 Å². The van der Waals surface area contributed by atoms with Crippen LogP contribution in [0.3, 0.4) is 0 Å². The first-order valence-electron chi connectivity index (χ1n) is 1.64. The second-order valence-corrected chi connectivity index (χ2v) is 2.01. The average Bonchev–Trinajstić information content (AvgIpc) is 1.54. The van der Waals surface area contributed by atoms with Gasteiger partial charge in [0.15, 0.2) is 0 Å². The second-order valence-electron chi connectivity index (χ2n) is 0.671. The monoisotopic (exact) mass is 396 g/mol. The molecular weight excluding hydrogens is 396 g/mol. The van der Waals surface area contributed by atoms with Crippen LogP contribution < -0.4 is 14.7 Å². The molecule has 78 valence electrons. The molecule has 0 aliphatic rings. The fourth-order valence-corrected chi connectivity index (χ4v) is 0. The first-order chi connectivity index (χ1) is 5.20. The molecule has 0 saturated heterocycles. The molecule has 0 N–H and O–H groups in total. The van der Waals surface area contributed by atoms with Gasteiger partial charge in [0.1, 0.15) is 0 Å². The average molecular weight is 396 g/mol. The number of hydrogen-bond donors (Lipinski definition) is 0. The minimum atomic E-state index is -3.37. The van der Waals surface area contributed by atoms with Crippen molar-refractivity contribution >= 4 is 23.7 Å².